The van der Waals surface area contributed by atoms with Crippen LogP contribution < -0.4 is 5.32 Å². The molecule has 0 fully saturated rings. The predicted octanol–water partition coefficient (Wildman–Crippen LogP) is 2.18. The summed E-state index contributed by atoms with van der Waals surface area (Å²) in [6, 6.07) is 3.49. The van der Waals surface area contributed by atoms with Gasteiger partial charge in [0, 0.05) is 11.1 Å². The number of aromatic nitrogens is 2. The highest BCUT2D eigenvalue weighted by Gasteiger charge is 2.14. The molecule has 0 atom stereocenters. The number of hydrogen-bond acceptors (Lipinski definition) is 2. The molecule has 2 aromatic rings. The lowest BCUT2D eigenvalue weighted by Gasteiger charge is -2.06. The molecule has 2 rings (SSSR count). The van der Waals surface area contributed by atoms with Gasteiger partial charge in [-0.05, 0) is 19.1 Å². The van der Waals surface area contributed by atoms with Crippen molar-refractivity contribution in [3.05, 3.63) is 47.2 Å². The normalized spacial score (nSPS) is 10.4. The zero-order chi connectivity index (χ0) is 13.1. The summed E-state index contributed by atoms with van der Waals surface area (Å²) in [7, 11) is 0. The summed E-state index contributed by atoms with van der Waals surface area (Å²) in [6.07, 6.45) is 1.18. The van der Waals surface area contributed by atoms with Crippen molar-refractivity contribution < 1.29 is 13.6 Å². The Hall–Kier alpha value is -2.24. The number of halogens is 2. The molecule has 4 nitrogen and oxygen atoms in total. The largest absolute Gasteiger partial charge is 0.311 e. The number of rotatable bonds is 3. The van der Waals surface area contributed by atoms with Crippen LogP contribution in [0.1, 0.15) is 11.1 Å². The fourth-order valence-corrected chi connectivity index (χ4v) is 1.52. The number of anilines is 1. The number of carbonyl (C=O) groups is 1. The highest BCUT2D eigenvalue weighted by atomic mass is 19.1. The van der Waals surface area contributed by atoms with E-state index in [2.05, 4.69) is 15.5 Å². The third-order valence-electron chi connectivity index (χ3n) is 2.49. The van der Waals surface area contributed by atoms with Crippen molar-refractivity contribution in [1.82, 2.24) is 10.2 Å². The second-order valence-electron chi connectivity index (χ2n) is 3.85. The first kappa shape index (κ1) is 12.2. The van der Waals surface area contributed by atoms with E-state index in [4.69, 9.17) is 0 Å². The van der Waals surface area contributed by atoms with Gasteiger partial charge in [0.15, 0.2) is 0 Å². The first-order valence-corrected chi connectivity index (χ1v) is 5.30. The van der Waals surface area contributed by atoms with E-state index in [-0.39, 0.29) is 12.0 Å². The standard InChI is InChI=1S/C12H11F2N3O/c1-7-6-15-17-12(7)16-11(18)5-8-9(13)3-2-4-10(8)14/h2-4,6H,5H2,1H3,(H2,15,16,17,18). The lowest BCUT2D eigenvalue weighted by molar-refractivity contribution is -0.115. The Balaban J connectivity index is 2.10. The molecule has 18 heavy (non-hydrogen) atoms. The molecule has 0 saturated carbocycles. The van der Waals surface area contributed by atoms with Crippen LogP contribution in [0.4, 0.5) is 14.6 Å². The lowest BCUT2D eigenvalue weighted by atomic mass is 10.1. The SMILES string of the molecule is Cc1cn[nH]c1NC(=O)Cc1c(F)cccc1F. The average Bonchev–Trinajstić information content (AvgIpc) is 2.70. The van der Waals surface area contributed by atoms with Gasteiger partial charge in [-0.2, -0.15) is 5.10 Å². The maximum absolute atomic E-state index is 13.3. The van der Waals surface area contributed by atoms with Crippen LogP contribution in [0.5, 0.6) is 0 Å². The zero-order valence-corrected chi connectivity index (χ0v) is 9.63. The fraction of sp³-hybridized carbons (Fsp3) is 0.167. The van der Waals surface area contributed by atoms with E-state index in [1.165, 1.54) is 6.07 Å². The number of hydrogen-bond donors (Lipinski definition) is 2. The quantitative estimate of drug-likeness (QED) is 0.878. The van der Waals surface area contributed by atoms with Crippen molar-refractivity contribution in [1.29, 1.82) is 0 Å². The van der Waals surface area contributed by atoms with Crippen molar-refractivity contribution in [3.63, 3.8) is 0 Å². The molecule has 0 bridgehead atoms. The summed E-state index contributed by atoms with van der Waals surface area (Å²) in [5, 5.41) is 8.81. The van der Waals surface area contributed by atoms with Crippen molar-refractivity contribution >= 4 is 11.7 Å². The molecule has 94 valence electrons. The van der Waals surface area contributed by atoms with Gasteiger partial charge < -0.3 is 5.32 Å². The highest BCUT2D eigenvalue weighted by Crippen LogP contribution is 2.14. The fourth-order valence-electron chi connectivity index (χ4n) is 1.52. The number of carbonyl (C=O) groups excluding carboxylic acids is 1. The maximum atomic E-state index is 13.3. The molecule has 0 spiro atoms. The van der Waals surface area contributed by atoms with Crippen LogP contribution in [0.3, 0.4) is 0 Å². The van der Waals surface area contributed by atoms with Gasteiger partial charge in [-0.1, -0.05) is 6.07 Å². The Morgan fingerprint density at radius 3 is 2.61 bits per heavy atom. The van der Waals surface area contributed by atoms with Gasteiger partial charge in [-0.25, -0.2) is 8.78 Å². The molecule has 0 aliphatic rings. The predicted molar refractivity (Wildman–Crippen MR) is 62.0 cm³/mol. The summed E-state index contributed by atoms with van der Waals surface area (Å²) in [6.45, 7) is 1.75. The molecule has 0 radical (unpaired) electrons. The Kier molecular flexibility index (Phi) is 3.36. The number of nitrogens with zero attached hydrogens (tertiary/aromatic N) is 1. The van der Waals surface area contributed by atoms with Gasteiger partial charge >= 0.3 is 0 Å². The minimum Gasteiger partial charge on any atom is -0.311 e. The number of nitrogens with one attached hydrogen (secondary N) is 2. The van der Waals surface area contributed by atoms with Crippen LogP contribution in [0.2, 0.25) is 0 Å². The molecule has 1 aromatic carbocycles. The summed E-state index contributed by atoms with van der Waals surface area (Å²) < 4.78 is 26.7. The molecule has 1 amide bonds. The number of amides is 1. The van der Waals surface area contributed by atoms with Gasteiger partial charge in [0.05, 0.1) is 12.6 Å². The van der Waals surface area contributed by atoms with E-state index in [1.54, 1.807) is 13.1 Å². The smallest absolute Gasteiger partial charge is 0.230 e. The van der Waals surface area contributed by atoms with Crippen LogP contribution in [0.25, 0.3) is 0 Å². The van der Waals surface area contributed by atoms with Crippen LogP contribution >= 0.6 is 0 Å². The monoisotopic (exact) mass is 251 g/mol. The number of aryl methyl sites for hydroxylation is 1. The molecule has 0 aliphatic heterocycles. The molecule has 0 unspecified atom stereocenters. The van der Waals surface area contributed by atoms with Crippen LogP contribution in [0, 0.1) is 18.6 Å². The third-order valence-corrected chi connectivity index (χ3v) is 2.49. The topological polar surface area (TPSA) is 57.8 Å². The van der Waals surface area contributed by atoms with Crippen LogP contribution in [-0.2, 0) is 11.2 Å². The van der Waals surface area contributed by atoms with Gasteiger partial charge in [-0.15, -0.1) is 0 Å². The average molecular weight is 251 g/mol. The van der Waals surface area contributed by atoms with E-state index in [0.717, 1.165) is 17.7 Å². The molecule has 0 aliphatic carbocycles. The number of H-pyrrole nitrogens is 1. The van der Waals surface area contributed by atoms with Gasteiger partial charge in [0.25, 0.3) is 0 Å². The first-order valence-electron chi connectivity index (χ1n) is 5.30. The second kappa shape index (κ2) is 4.95. The van der Waals surface area contributed by atoms with Gasteiger partial charge in [-0.3, -0.25) is 9.89 Å². The molecular weight excluding hydrogens is 240 g/mol. The lowest BCUT2D eigenvalue weighted by Crippen LogP contribution is -2.17. The Labute approximate surface area is 102 Å². The second-order valence-corrected chi connectivity index (χ2v) is 3.85. The minimum absolute atomic E-state index is 0.243. The number of benzene rings is 1. The molecule has 6 heteroatoms. The molecule has 2 N–H and O–H groups in total. The minimum atomic E-state index is -0.730. The third kappa shape index (κ3) is 2.53. The summed E-state index contributed by atoms with van der Waals surface area (Å²) in [5.74, 6) is -1.54. The molecule has 1 heterocycles. The summed E-state index contributed by atoms with van der Waals surface area (Å²) in [4.78, 5) is 11.6. The Bertz CT molecular complexity index is 560. The molecule has 1 aromatic heterocycles. The van der Waals surface area contributed by atoms with Crippen molar-refractivity contribution in [2.45, 2.75) is 13.3 Å². The number of aromatic amines is 1. The van der Waals surface area contributed by atoms with E-state index in [0.29, 0.717) is 5.82 Å². The van der Waals surface area contributed by atoms with Crippen LogP contribution in [-0.4, -0.2) is 16.1 Å². The van der Waals surface area contributed by atoms with Gasteiger partial charge in [0.1, 0.15) is 17.5 Å². The Morgan fingerprint density at radius 2 is 2.06 bits per heavy atom. The Morgan fingerprint density at radius 1 is 1.39 bits per heavy atom. The summed E-state index contributed by atoms with van der Waals surface area (Å²) >= 11 is 0. The highest BCUT2D eigenvalue weighted by molar-refractivity contribution is 5.91. The maximum Gasteiger partial charge on any atom is 0.230 e. The van der Waals surface area contributed by atoms with E-state index >= 15 is 0 Å². The van der Waals surface area contributed by atoms with E-state index < -0.39 is 17.5 Å². The van der Waals surface area contributed by atoms with E-state index in [9.17, 15) is 13.6 Å². The molecular formula is C12H11F2N3O. The van der Waals surface area contributed by atoms with Crippen LogP contribution in [0.15, 0.2) is 24.4 Å². The summed E-state index contributed by atoms with van der Waals surface area (Å²) in [5.41, 5.74) is 0.504. The first-order chi connectivity index (χ1) is 8.58. The van der Waals surface area contributed by atoms with Crippen molar-refractivity contribution in [2.75, 3.05) is 5.32 Å². The van der Waals surface area contributed by atoms with E-state index in [1.807, 2.05) is 0 Å². The van der Waals surface area contributed by atoms with Gasteiger partial charge in [0.2, 0.25) is 5.91 Å². The zero-order valence-electron chi connectivity index (χ0n) is 9.63. The van der Waals surface area contributed by atoms with Crippen molar-refractivity contribution in [3.8, 4) is 0 Å². The molecule has 0 saturated heterocycles. The van der Waals surface area contributed by atoms with Crippen molar-refractivity contribution in [2.24, 2.45) is 0 Å².